The van der Waals surface area contributed by atoms with Crippen LogP contribution in [0.1, 0.15) is 64.5 Å². The molecular weight excluding hydrogens is 478 g/mol. The predicted molar refractivity (Wildman–Crippen MR) is 147 cm³/mol. The lowest BCUT2D eigenvalue weighted by molar-refractivity contribution is -0.141. The third-order valence-electron chi connectivity index (χ3n) is 9.68. The number of nitrogens with one attached hydrogen (secondary N) is 2. The standard InChI is InChI=1S/C31H43N3O4/c1-17(2)13-15-34-27(29(36)33-23-9-7-8-19(4)21(23)6)31-14-12-24(38-31)25(26(31)30(34)37)28(35)32-22-11-10-18(3)20(5)16-22/h10-12,14,16-17,19,21,23-27H,7-9,13,15H2,1-6H3,(H,32,35)(H,33,36)/t19-,21+,23-,24-,25+,26-,27-,31-/m1/s1. The first-order valence-electron chi connectivity index (χ1n) is 14.4. The molecule has 2 saturated heterocycles. The van der Waals surface area contributed by atoms with Gasteiger partial charge in [-0.1, -0.05) is 58.8 Å². The second-order valence-corrected chi connectivity index (χ2v) is 12.6. The summed E-state index contributed by atoms with van der Waals surface area (Å²) in [7, 11) is 0. The van der Waals surface area contributed by atoms with Crippen LogP contribution in [0.5, 0.6) is 0 Å². The minimum Gasteiger partial charge on any atom is -0.359 e. The van der Waals surface area contributed by atoms with Crippen LogP contribution < -0.4 is 10.6 Å². The molecule has 3 heterocycles. The maximum Gasteiger partial charge on any atom is 0.246 e. The quantitative estimate of drug-likeness (QED) is 0.522. The molecule has 1 saturated carbocycles. The Balaban J connectivity index is 1.43. The van der Waals surface area contributed by atoms with Gasteiger partial charge in [0, 0.05) is 18.3 Å². The molecule has 3 aliphatic heterocycles. The van der Waals surface area contributed by atoms with Crippen molar-refractivity contribution >= 4 is 23.4 Å². The van der Waals surface area contributed by atoms with E-state index >= 15 is 0 Å². The number of hydrogen-bond donors (Lipinski definition) is 2. The van der Waals surface area contributed by atoms with Gasteiger partial charge in [-0.2, -0.15) is 0 Å². The average molecular weight is 522 g/mol. The average Bonchev–Trinajstić information content (AvgIpc) is 3.50. The Morgan fingerprint density at radius 2 is 1.89 bits per heavy atom. The van der Waals surface area contributed by atoms with Crippen molar-refractivity contribution in [3.63, 3.8) is 0 Å². The molecule has 1 aliphatic carbocycles. The van der Waals surface area contributed by atoms with E-state index in [0.717, 1.165) is 30.4 Å². The van der Waals surface area contributed by atoms with E-state index in [9.17, 15) is 14.4 Å². The number of carbonyl (C=O) groups excluding carboxylic acids is 3. The molecule has 1 aromatic rings. The molecule has 1 aromatic carbocycles. The SMILES string of the molecule is Cc1ccc(NC(=O)[C@H]2[C@H]3C=C[C@@]4(O3)[C@H]2C(=O)N(CCC(C)C)[C@@H]4C(=O)N[C@@H]2CCC[C@@H](C)[C@@H]2C)cc1C. The number of aryl methyl sites for hydroxylation is 2. The van der Waals surface area contributed by atoms with Crippen LogP contribution in [0.15, 0.2) is 30.4 Å². The number of nitrogens with zero attached hydrogens (tertiary/aromatic N) is 1. The number of anilines is 1. The lowest BCUT2D eigenvalue weighted by Crippen LogP contribution is -2.58. The van der Waals surface area contributed by atoms with Crippen molar-refractivity contribution < 1.29 is 19.1 Å². The summed E-state index contributed by atoms with van der Waals surface area (Å²) in [5, 5.41) is 6.35. The molecule has 7 nitrogen and oxygen atoms in total. The monoisotopic (exact) mass is 521 g/mol. The fourth-order valence-corrected chi connectivity index (χ4v) is 7.00. The molecule has 0 aromatic heterocycles. The maximum atomic E-state index is 14.0. The number of fused-ring (bicyclic) bond motifs is 1. The number of likely N-dealkylation sites (tertiary alicyclic amines) is 1. The number of rotatable bonds is 7. The van der Waals surface area contributed by atoms with Gasteiger partial charge < -0.3 is 20.3 Å². The van der Waals surface area contributed by atoms with E-state index in [1.165, 1.54) is 6.42 Å². The topological polar surface area (TPSA) is 87.7 Å². The lowest BCUT2D eigenvalue weighted by atomic mass is 9.73. The molecular formula is C31H43N3O4. The highest BCUT2D eigenvalue weighted by molar-refractivity contribution is 6.02. The first-order chi connectivity index (χ1) is 18.0. The largest absolute Gasteiger partial charge is 0.359 e. The van der Waals surface area contributed by atoms with Crippen LogP contribution in [0, 0.1) is 43.4 Å². The summed E-state index contributed by atoms with van der Waals surface area (Å²) >= 11 is 0. The third kappa shape index (κ3) is 4.47. The Morgan fingerprint density at radius 1 is 1.13 bits per heavy atom. The van der Waals surface area contributed by atoms with Crippen molar-refractivity contribution in [1.82, 2.24) is 10.2 Å². The number of amides is 3. The van der Waals surface area contributed by atoms with Gasteiger partial charge in [-0.25, -0.2) is 0 Å². The van der Waals surface area contributed by atoms with Gasteiger partial charge in [0.1, 0.15) is 11.6 Å². The van der Waals surface area contributed by atoms with Gasteiger partial charge in [0.25, 0.3) is 0 Å². The Bertz CT molecular complexity index is 1150. The fourth-order valence-electron chi connectivity index (χ4n) is 7.00. The molecule has 4 aliphatic rings. The zero-order chi connectivity index (χ0) is 27.4. The van der Waals surface area contributed by atoms with Gasteiger partial charge in [0.05, 0.1) is 17.9 Å². The summed E-state index contributed by atoms with van der Waals surface area (Å²) in [5.41, 5.74) is 1.83. The number of carbonyl (C=O) groups is 3. The highest BCUT2D eigenvalue weighted by atomic mass is 16.5. The van der Waals surface area contributed by atoms with E-state index in [-0.39, 0.29) is 23.8 Å². The van der Waals surface area contributed by atoms with Crippen molar-refractivity contribution in [1.29, 1.82) is 0 Å². The number of ether oxygens (including phenoxy) is 1. The summed E-state index contributed by atoms with van der Waals surface area (Å²) in [4.78, 5) is 43.4. The zero-order valence-electron chi connectivity index (χ0n) is 23.6. The van der Waals surface area contributed by atoms with E-state index in [2.05, 4.69) is 38.3 Å². The minimum absolute atomic E-state index is 0.0789. The first-order valence-corrected chi connectivity index (χ1v) is 14.4. The molecule has 0 unspecified atom stereocenters. The number of hydrogen-bond acceptors (Lipinski definition) is 4. The van der Waals surface area contributed by atoms with Crippen molar-refractivity contribution in [3.05, 3.63) is 41.5 Å². The van der Waals surface area contributed by atoms with Gasteiger partial charge in [-0.3, -0.25) is 14.4 Å². The summed E-state index contributed by atoms with van der Waals surface area (Å²) in [6.45, 7) is 13.2. The Labute approximate surface area is 226 Å². The Morgan fingerprint density at radius 3 is 2.61 bits per heavy atom. The molecule has 3 amide bonds. The molecule has 7 heteroatoms. The molecule has 206 valence electrons. The van der Waals surface area contributed by atoms with Crippen molar-refractivity contribution in [2.45, 2.75) is 91.0 Å². The first kappa shape index (κ1) is 26.9. The van der Waals surface area contributed by atoms with E-state index in [1.807, 2.05) is 44.2 Å². The second-order valence-electron chi connectivity index (χ2n) is 12.6. The van der Waals surface area contributed by atoms with Crippen LogP contribution in [0.25, 0.3) is 0 Å². The highest BCUT2D eigenvalue weighted by Gasteiger charge is 2.72. The summed E-state index contributed by atoms with van der Waals surface area (Å²) < 4.78 is 6.48. The van der Waals surface area contributed by atoms with E-state index < -0.39 is 29.6 Å². The van der Waals surface area contributed by atoms with Crippen LogP contribution in [0.3, 0.4) is 0 Å². The van der Waals surface area contributed by atoms with Gasteiger partial charge >= 0.3 is 0 Å². The minimum atomic E-state index is -1.11. The zero-order valence-corrected chi connectivity index (χ0v) is 23.6. The normalized spacial score (nSPS) is 35.6. The van der Waals surface area contributed by atoms with Crippen LogP contribution in [-0.2, 0) is 19.1 Å². The van der Waals surface area contributed by atoms with Gasteiger partial charge in [-0.05, 0) is 67.7 Å². The number of benzene rings is 1. The summed E-state index contributed by atoms with van der Waals surface area (Å²) in [6, 6.07) is 5.11. The molecule has 2 N–H and O–H groups in total. The fraction of sp³-hybridized carbons (Fsp3) is 0.645. The molecule has 2 bridgehead atoms. The van der Waals surface area contributed by atoms with Crippen LogP contribution >= 0.6 is 0 Å². The third-order valence-corrected chi connectivity index (χ3v) is 9.68. The Kier molecular flexibility index (Phi) is 7.18. The second kappa shape index (κ2) is 10.1. The summed E-state index contributed by atoms with van der Waals surface area (Å²) in [6.07, 6.45) is 7.24. The highest BCUT2D eigenvalue weighted by Crippen LogP contribution is 2.55. The van der Waals surface area contributed by atoms with Crippen molar-refractivity contribution in [2.24, 2.45) is 29.6 Å². The molecule has 1 spiro atoms. The predicted octanol–water partition coefficient (Wildman–Crippen LogP) is 4.38. The van der Waals surface area contributed by atoms with Crippen molar-refractivity contribution in [3.8, 4) is 0 Å². The molecule has 38 heavy (non-hydrogen) atoms. The van der Waals surface area contributed by atoms with Gasteiger partial charge in [-0.15, -0.1) is 0 Å². The van der Waals surface area contributed by atoms with E-state index in [1.54, 1.807) is 4.90 Å². The maximum absolute atomic E-state index is 14.0. The Hall–Kier alpha value is -2.67. The summed E-state index contributed by atoms with van der Waals surface area (Å²) in [5.74, 6) is -0.646. The van der Waals surface area contributed by atoms with E-state index in [0.29, 0.717) is 30.0 Å². The van der Waals surface area contributed by atoms with Crippen LogP contribution in [0.4, 0.5) is 5.69 Å². The lowest BCUT2D eigenvalue weighted by Gasteiger charge is -2.38. The molecule has 3 fully saturated rings. The van der Waals surface area contributed by atoms with E-state index in [4.69, 9.17) is 4.74 Å². The smallest absolute Gasteiger partial charge is 0.246 e. The molecule has 0 radical (unpaired) electrons. The molecule has 8 atom stereocenters. The van der Waals surface area contributed by atoms with Crippen LogP contribution in [0.2, 0.25) is 0 Å². The van der Waals surface area contributed by atoms with Gasteiger partial charge in [0.15, 0.2) is 0 Å². The van der Waals surface area contributed by atoms with Gasteiger partial charge in [0.2, 0.25) is 17.7 Å². The van der Waals surface area contributed by atoms with Crippen LogP contribution in [-0.4, -0.2) is 53.0 Å². The molecule has 5 rings (SSSR count). The van der Waals surface area contributed by atoms with Crippen molar-refractivity contribution in [2.75, 3.05) is 11.9 Å².